The topological polar surface area (TPSA) is 48.0 Å². The first-order valence-electron chi connectivity index (χ1n) is 9.42. The van der Waals surface area contributed by atoms with Crippen LogP contribution in [0.2, 0.25) is 0 Å². The number of rotatable bonds is 3. The molecule has 1 amide bonds. The second kappa shape index (κ2) is 6.45. The van der Waals surface area contributed by atoms with Crippen molar-refractivity contribution in [2.24, 2.45) is 5.73 Å². The third-order valence-electron chi connectivity index (χ3n) is 5.43. The summed E-state index contributed by atoms with van der Waals surface area (Å²) in [5.74, 6) is -0.871. The molecule has 0 aliphatic carbocycles. The summed E-state index contributed by atoms with van der Waals surface area (Å²) in [7, 11) is 0. The maximum Gasteiger partial charge on any atom is 0.249 e. The molecule has 0 atom stereocenters. The molecular formula is C25H18FN2O. The van der Waals surface area contributed by atoms with Gasteiger partial charge in [-0.1, -0.05) is 42.0 Å². The fraction of sp³-hybridized carbons (Fsp3) is 0.0800. The maximum atomic E-state index is 14.1. The Morgan fingerprint density at radius 2 is 1.83 bits per heavy atom. The number of fused-ring (bicyclic) bond motifs is 4. The normalized spacial score (nSPS) is 11.5. The van der Waals surface area contributed by atoms with Crippen LogP contribution >= 0.6 is 0 Å². The second-order valence-electron chi connectivity index (χ2n) is 7.41. The van der Waals surface area contributed by atoms with Gasteiger partial charge in [-0.25, -0.2) is 4.39 Å². The van der Waals surface area contributed by atoms with Gasteiger partial charge in [0, 0.05) is 22.9 Å². The Bertz CT molecular complexity index is 1430. The molecule has 0 spiro atoms. The Morgan fingerprint density at radius 1 is 1.03 bits per heavy atom. The molecule has 4 heteroatoms. The van der Waals surface area contributed by atoms with Gasteiger partial charge < -0.3 is 10.3 Å². The monoisotopic (exact) mass is 381 g/mol. The van der Waals surface area contributed by atoms with Crippen LogP contribution in [0.25, 0.3) is 32.6 Å². The summed E-state index contributed by atoms with van der Waals surface area (Å²) in [6, 6.07) is 23.9. The minimum atomic E-state index is -0.506. The molecule has 0 saturated heterocycles. The van der Waals surface area contributed by atoms with Crippen LogP contribution < -0.4 is 5.73 Å². The van der Waals surface area contributed by atoms with Gasteiger partial charge in [0.15, 0.2) is 0 Å². The highest BCUT2D eigenvalue weighted by Gasteiger charge is 2.17. The molecular weight excluding hydrogens is 363 g/mol. The first-order valence-corrected chi connectivity index (χ1v) is 9.42. The zero-order valence-corrected chi connectivity index (χ0v) is 15.9. The summed E-state index contributed by atoms with van der Waals surface area (Å²) in [6.45, 7) is 2.62. The van der Waals surface area contributed by atoms with Gasteiger partial charge in [-0.15, -0.1) is 0 Å². The molecule has 3 nitrogen and oxygen atoms in total. The van der Waals surface area contributed by atoms with E-state index in [0.29, 0.717) is 28.4 Å². The predicted octanol–water partition coefficient (Wildman–Crippen LogP) is 5.34. The molecule has 4 aromatic carbocycles. The lowest BCUT2D eigenvalue weighted by Gasteiger charge is -2.10. The largest absolute Gasteiger partial charge is 0.366 e. The van der Waals surface area contributed by atoms with E-state index in [1.807, 2.05) is 10.6 Å². The van der Waals surface area contributed by atoms with Crippen molar-refractivity contribution in [3.63, 3.8) is 0 Å². The highest BCUT2D eigenvalue weighted by molar-refractivity contribution is 6.17. The van der Waals surface area contributed by atoms with Crippen molar-refractivity contribution in [3.8, 4) is 0 Å². The van der Waals surface area contributed by atoms with Gasteiger partial charge in [-0.05, 0) is 59.7 Å². The lowest BCUT2D eigenvalue weighted by atomic mass is 10.0. The maximum absolute atomic E-state index is 14.1. The summed E-state index contributed by atoms with van der Waals surface area (Å²) in [5.41, 5.74) is 9.86. The average molecular weight is 381 g/mol. The molecule has 1 radical (unpaired) electrons. The van der Waals surface area contributed by atoms with Crippen molar-refractivity contribution in [1.29, 1.82) is 0 Å². The number of benzene rings is 4. The van der Waals surface area contributed by atoms with E-state index < -0.39 is 5.91 Å². The SMILES string of the molecule is Cc1ccc2cc(Cn3c4cc(F)c[c]c4c4c(C(N)=O)cccc43)ccc2c1. The Balaban J connectivity index is 1.75. The fourth-order valence-corrected chi connectivity index (χ4v) is 4.10. The standard InChI is InChI=1S/C25H18FN2O/c1-15-5-7-18-12-16(6-8-17(18)11-15)14-28-22-4-2-3-21(25(27)29)24(22)20-10-9-19(26)13-23(20)28/h2-9,11-13H,14H2,1H3,(H2,27,29). The van der Waals surface area contributed by atoms with E-state index in [2.05, 4.69) is 49.4 Å². The zero-order chi connectivity index (χ0) is 20.1. The van der Waals surface area contributed by atoms with Gasteiger partial charge in [0.05, 0.1) is 11.0 Å². The van der Waals surface area contributed by atoms with E-state index in [1.165, 1.54) is 23.1 Å². The van der Waals surface area contributed by atoms with E-state index in [0.717, 1.165) is 16.5 Å². The molecule has 0 fully saturated rings. The van der Waals surface area contributed by atoms with Crippen LogP contribution in [0.3, 0.4) is 0 Å². The molecule has 5 rings (SSSR count). The lowest BCUT2D eigenvalue weighted by molar-refractivity contribution is 0.100. The quantitative estimate of drug-likeness (QED) is 0.450. The van der Waals surface area contributed by atoms with Crippen LogP contribution in [-0.4, -0.2) is 10.5 Å². The smallest absolute Gasteiger partial charge is 0.249 e. The third kappa shape index (κ3) is 2.85. The molecule has 1 aromatic heterocycles. The fourth-order valence-electron chi connectivity index (χ4n) is 4.10. The molecule has 0 unspecified atom stereocenters. The second-order valence-corrected chi connectivity index (χ2v) is 7.41. The number of aryl methyl sites for hydroxylation is 1. The minimum Gasteiger partial charge on any atom is -0.366 e. The average Bonchev–Trinajstić information content (AvgIpc) is 3.01. The van der Waals surface area contributed by atoms with E-state index in [1.54, 1.807) is 12.1 Å². The van der Waals surface area contributed by atoms with Crippen molar-refractivity contribution in [2.45, 2.75) is 13.5 Å². The molecule has 141 valence electrons. The summed E-state index contributed by atoms with van der Waals surface area (Å²) >= 11 is 0. The van der Waals surface area contributed by atoms with E-state index >= 15 is 0 Å². The first-order chi connectivity index (χ1) is 14.0. The number of amides is 1. The number of carbonyl (C=O) groups excluding carboxylic acids is 1. The van der Waals surface area contributed by atoms with Crippen LogP contribution in [0.1, 0.15) is 21.5 Å². The van der Waals surface area contributed by atoms with Gasteiger partial charge in [0.25, 0.3) is 0 Å². The Hall–Kier alpha value is -3.66. The molecule has 0 bridgehead atoms. The number of hydrogen-bond donors (Lipinski definition) is 1. The summed E-state index contributed by atoms with van der Waals surface area (Å²) in [4.78, 5) is 12.0. The number of carbonyl (C=O) groups is 1. The molecule has 0 aliphatic heterocycles. The van der Waals surface area contributed by atoms with Crippen LogP contribution in [0.5, 0.6) is 0 Å². The van der Waals surface area contributed by atoms with Crippen molar-refractivity contribution in [1.82, 2.24) is 4.57 Å². The van der Waals surface area contributed by atoms with Gasteiger partial charge in [0.2, 0.25) is 5.91 Å². The molecule has 0 aliphatic rings. The van der Waals surface area contributed by atoms with E-state index in [9.17, 15) is 9.18 Å². The van der Waals surface area contributed by atoms with E-state index in [4.69, 9.17) is 5.73 Å². The van der Waals surface area contributed by atoms with Crippen LogP contribution in [0.15, 0.2) is 66.7 Å². The van der Waals surface area contributed by atoms with Gasteiger partial charge in [-0.2, -0.15) is 0 Å². The molecule has 29 heavy (non-hydrogen) atoms. The predicted molar refractivity (Wildman–Crippen MR) is 115 cm³/mol. The highest BCUT2D eigenvalue weighted by atomic mass is 19.1. The van der Waals surface area contributed by atoms with Crippen molar-refractivity contribution in [3.05, 3.63) is 95.3 Å². The number of hydrogen-bond acceptors (Lipinski definition) is 1. The van der Waals surface area contributed by atoms with Crippen molar-refractivity contribution >= 4 is 38.5 Å². The molecule has 0 saturated carbocycles. The summed E-state index contributed by atoms with van der Waals surface area (Å²) in [6.07, 6.45) is 0. The van der Waals surface area contributed by atoms with Crippen LogP contribution in [0.4, 0.5) is 4.39 Å². The molecule has 2 N–H and O–H groups in total. The summed E-state index contributed by atoms with van der Waals surface area (Å²) < 4.78 is 16.1. The molecule has 1 heterocycles. The Labute approximate surface area is 167 Å². The third-order valence-corrected chi connectivity index (χ3v) is 5.43. The summed E-state index contributed by atoms with van der Waals surface area (Å²) in [5, 5.41) is 3.76. The number of primary amides is 1. The van der Waals surface area contributed by atoms with Crippen LogP contribution in [-0.2, 0) is 6.54 Å². The van der Waals surface area contributed by atoms with Crippen molar-refractivity contribution in [2.75, 3.05) is 0 Å². The zero-order valence-electron chi connectivity index (χ0n) is 15.9. The minimum absolute atomic E-state index is 0.365. The number of nitrogens with two attached hydrogens (primary N) is 1. The highest BCUT2D eigenvalue weighted by Crippen LogP contribution is 2.32. The number of halogens is 1. The van der Waals surface area contributed by atoms with Gasteiger partial charge in [-0.3, -0.25) is 4.79 Å². The van der Waals surface area contributed by atoms with Gasteiger partial charge >= 0.3 is 0 Å². The van der Waals surface area contributed by atoms with E-state index in [-0.39, 0.29) is 5.82 Å². The lowest BCUT2D eigenvalue weighted by Crippen LogP contribution is -2.11. The van der Waals surface area contributed by atoms with Crippen LogP contribution in [0, 0.1) is 18.8 Å². The first kappa shape index (κ1) is 17.4. The Kier molecular flexibility index (Phi) is 3.88. The number of aromatic nitrogens is 1. The number of nitrogens with zero attached hydrogens (tertiary/aromatic N) is 1. The Morgan fingerprint density at radius 3 is 2.66 bits per heavy atom. The van der Waals surface area contributed by atoms with Crippen molar-refractivity contribution < 1.29 is 9.18 Å². The molecule has 5 aromatic rings. The van der Waals surface area contributed by atoms with Gasteiger partial charge in [0.1, 0.15) is 5.82 Å².